The van der Waals surface area contributed by atoms with Gasteiger partial charge in [-0.3, -0.25) is 9.89 Å². The smallest absolute Gasteiger partial charge is 0.267 e. The lowest BCUT2D eigenvalue weighted by Crippen LogP contribution is -2.20. The largest absolute Gasteiger partial charge is 0.299 e. The summed E-state index contributed by atoms with van der Waals surface area (Å²) in [6, 6.07) is 9.07. The monoisotopic (exact) mass is 236 g/mol. The molecule has 0 aliphatic rings. The van der Waals surface area contributed by atoms with Crippen LogP contribution < -0.4 is 5.56 Å². The van der Waals surface area contributed by atoms with Crippen LogP contribution in [0.25, 0.3) is 0 Å². The molecule has 1 heterocycles. The molecule has 16 heavy (non-hydrogen) atoms. The molecule has 84 valence electrons. The number of aromatic amines is 1. The van der Waals surface area contributed by atoms with Gasteiger partial charge in [-0.25, -0.2) is 4.68 Å². The van der Waals surface area contributed by atoms with Crippen molar-refractivity contribution >= 4 is 11.6 Å². The fourth-order valence-corrected chi connectivity index (χ4v) is 1.93. The number of nitrogens with one attached hydrogen (secondary N) is 1. The predicted octanol–water partition coefficient (Wildman–Crippen LogP) is 2.75. The Hall–Kier alpha value is -1.48. The molecular formula is C12H13ClN2O. The summed E-state index contributed by atoms with van der Waals surface area (Å²) in [6.45, 7) is 3.82. The Morgan fingerprint density at radius 2 is 2.12 bits per heavy atom. The van der Waals surface area contributed by atoms with Crippen LogP contribution in [0.4, 0.5) is 0 Å². The molecule has 0 fully saturated rings. The Kier molecular flexibility index (Phi) is 2.88. The van der Waals surface area contributed by atoms with Crippen molar-refractivity contribution in [3.63, 3.8) is 0 Å². The molecule has 0 aliphatic carbocycles. The molecule has 3 nitrogen and oxygen atoms in total. The zero-order chi connectivity index (χ0) is 11.7. The first-order valence-corrected chi connectivity index (χ1v) is 5.49. The third-order valence-corrected chi connectivity index (χ3v) is 2.83. The van der Waals surface area contributed by atoms with Gasteiger partial charge in [0.05, 0.1) is 6.04 Å². The number of rotatable bonds is 2. The molecule has 0 amide bonds. The van der Waals surface area contributed by atoms with Crippen LogP contribution in [-0.4, -0.2) is 9.78 Å². The van der Waals surface area contributed by atoms with E-state index in [9.17, 15) is 4.79 Å². The molecule has 0 bridgehead atoms. The van der Waals surface area contributed by atoms with E-state index in [0.717, 1.165) is 11.3 Å². The Morgan fingerprint density at radius 1 is 1.38 bits per heavy atom. The maximum atomic E-state index is 11.6. The molecule has 0 radical (unpaired) electrons. The van der Waals surface area contributed by atoms with Crippen LogP contribution in [0.2, 0.25) is 5.02 Å². The lowest BCUT2D eigenvalue weighted by Gasteiger charge is -2.13. The van der Waals surface area contributed by atoms with Crippen molar-refractivity contribution in [3.8, 4) is 0 Å². The van der Waals surface area contributed by atoms with E-state index in [-0.39, 0.29) is 11.6 Å². The zero-order valence-electron chi connectivity index (χ0n) is 9.20. The first-order valence-electron chi connectivity index (χ1n) is 5.11. The molecule has 0 saturated carbocycles. The van der Waals surface area contributed by atoms with Crippen LogP contribution in [0, 0.1) is 6.92 Å². The number of hydrogen-bond acceptors (Lipinski definition) is 1. The predicted molar refractivity (Wildman–Crippen MR) is 65.1 cm³/mol. The minimum atomic E-state index is -0.0418. The molecule has 0 spiro atoms. The van der Waals surface area contributed by atoms with Gasteiger partial charge in [-0.05, 0) is 31.5 Å². The molecule has 1 aromatic carbocycles. The summed E-state index contributed by atoms with van der Waals surface area (Å²) < 4.78 is 1.60. The third-order valence-electron chi connectivity index (χ3n) is 2.59. The van der Waals surface area contributed by atoms with Crippen molar-refractivity contribution < 1.29 is 0 Å². The lowest BCUT2D eigenvalue weighted by atomic mass is 10.1. The van der Waals surface area contributed by atoms with Crippen LogP contribution in [0.15, 0.2) is 35.1 Å². The van der Waals surface area contributed by atoms with Crippen LogP contribution in [0.3, 0.4) is 0 Å². The van der Waals surface area contributed by atoms with Gasteiger partial charge in [-0.2, -0.15) is 0 Å². The van der Waals surface area contributed by atoms with E-state index in [2.05, 4.69) is 5.10 Å². The first kappa shape index (κ1) is 11.0. The van der Waals surface area contributed by atoms with Crippen LogP contribution in [0.1, 0.15) is 24.2 Å². The van der Waals surface area contributed by atoms with Crippen molar-refractivity contribution in [3.05, 3.63) is 57.0 Å². The van der Waals surface area contributed by atoms with Crippen LogP contribution >= 0.6 is 11.6 Å². The Balaban J connectivity index is 2.42. The fraction of sp³-hybridized carbons (Fsp3) is 0.250. The number of nitrogens with zero attached hydrogens (tertiary/aromatic N) is 1. The summed E-state index contributed by atoms with van der Waals surface area (Å²) in [5.74, 6) is 0. The molecule has 1 aromatic heterocycles. The topological polar surface area (TPSA) is 37.8 Å². The summed E-state index contributed by atoms with van der Waals surface area (Å²) in [6.07, 6.45) is 0. The first-order chi connectivity index (χ1) is 7.58. The summed E-state index contributed by atoms with van der Waals surface area (Å²) in [7, 11) is 0. The van der Waals surface area contributed by atoms with Crippen LogP contribution in [-0.2, 0) is 0 Å². The second kappa shape index (κ2) is 4.18. The van der Waals surface area contributed by atoms with E-state index in [1.807, 2.05) is 38.1 Å². The van der Waals surface area contributed by atoms with Crippen LogP contribution in [0.5, 0.6) is 0 Å². The standard InChI is InChI=1S/C12H13ClN2O/c1-8-6-12(16)15(14-8)9(2)10-4-3-5-11(13)7-10/h3-7,9,14H,1-2H3. The number of H-pyrrole nitrogens is 1. The van der Waals surface area contributed by atoms with Gasteiger partial charge in [0.2, 0.25) is 0 Å². The quantitative estimate of drug-likeness (QED) is 0.856. The van der Waals surface area contributed by atoms with Crippen molar-refractivity contribution in [2.45, 2.75) is 19.9 Å². The minimum absolute atomic E-state index is 0.0232. The van der Waals surface area contributed by atoms with E-state index in [0.29, 0.717) is 5.02 Å². The highest BCUT2D eigenvalue weighted by molar-refractivity contribution is 6.30. The Labute approximate surface area is 98.7 Å². The SMILES string of the molecule is Cc1cc(=O)n(C(C)c2cccc(Cl)c2)[nH]1. The van der Waals surface area contributed by atoms with Gasteiger partial charge in [0.25, 0.3) is 5.56 Å². The van der Waals surface area contributed by atoms with E-state index in [1.165, 1.54) is 0 Å². The van der Waals surface area contributed by atoms with Crippen molar-refractivity contribution in [1.29, 1.82) is 0 Å². The summed E-state index contributed by atoms with van der Waals surface area (Å²) in [5.41, 5.74) is 1.85. The van der Waals surface area contributed by atoms with Gasteiger partial charge in [0.1, 0.15) is 0 Å². The summed E-state index contributed by atoms with van der Waals surface area (Å²) >= 11 is 5.92. The lowest BCUT2D eigenvalue weighted by molar-refractivity contribution is 0.544. The van der Waals surface area contributed by atoms with E-state index in [4.69, 9.17) is 11.6 Å². The van der Waals surface area contributed by atoms with Gasteiger partial charge >= 0.3 is 0 Å². The fourth-order valence-electron chi connectivity index (χ4n) is 1.74. The minimum Gasteiger partial charge on any atom is -0.299 e. The highest BCUT2D eigenvalue weighted by Gasteiger charge is 2.11. The van der Waals surface area contributed by atoms with E-state index < -0.39 is 0 Å². The van der Waals surface area contributed by atoms with Crippen molar-refractivity contribution in [2.75, 3.05) is 0 Å². The number of halogens is 1. The molecule has 1 N–H and O–H groups in total. The highest BCUT2D eigenvalue weighted by Crippen LogP contribution is 2.19. The maximum Gasteiger partial charge on any atom is 0.267 e. The molecule has 0 aliphatic heterocycles. The van der Waals surface area contributed by atoms with Crippen molar-refractivity contribution in [2.24, 2.45) is 0 Å². The van der Waals surface area contributed by atoms with Gasteiger partial charge < -0.3 is 0 Å². The second-order valence-corrected chi connectivity index (χ2v) is 4.31. The van der Waals surface area contributed by atoms with Gasteiger partial charge in [0, 0.05) is 16.8 Å². The number of hydrogen-bond donors (Lipinski definition) is 1. The van der Waals surface area contributed by atoms with Gasteiger partial charge in [-0.1, -0.05) is 23.7 Å². The molecule has 1 atom stereocenters. The molecular weight excluding hydrogens is 224 g/mol. The summed E-state index contributed by atoms with van der Waals surface area (Å²) in [5, 5.41) is 3.70. The molecule has 2 aromatic rings. The van der Waals surface area contributed by atoms with E-state index in [1.54, 1.807) is 10.7 Å². The molecule has 1 unspecified atom stereocenters. The highest BCUT2D eigenvalue weighted by atomic mass is 35.5. The Morgan fingerprint density at radius 3 is 2.69 bits per heavy atom. The average Bonchev–Trinajstić information content (AvgIpc) is 2.57. The molecule has 2 rings (SSSR count). The molecule has 0 saturated heterocycles. The van der Waals surface area contributed by atoms with E-state index >= 15 is 0 Å². The maximum absolute atomic E-state index is 11.6. The van der Waals surface area contributed by atoms with Gasteiger partial charge in [-0.15, -0.1) is 0 Å². The second-order valence-electron chi connectivity index (χ2n) is 3.88. The molecule has 4 heteroatoms. The number of benzene rings is 1. The summed E-state index contributed by atoms with van der Waals surface area (Å²) in [4.78, 5) is 11.6. The number of aryl methyl sites for hydroxylation is 1. The average molecular weight is 237 g/mol. The third kappa shape index (κ3) is 2.04. The van der Waals surface area contributed by atoms with Gasteiger partial charge in [0.15, 0.2) is 0 Å². The Bertz CT molecular complexity index is 556. The normalized spacial score (nSPS) is 12.7. The van der Waals surface area contributed by atoms with Crippen molar-refractivity contribution in [1.82, 2.24) is 9.78 Å². The number of aromatic nitrogens is 2. The zero-order valence-corrected chi connectivity index (χ0v) is 9.95.